The Kier molecular flexibility index (Phi) is 10.4. The van der Waals surface area contributed by atoms with Crippen LogP contribution in [0.15, 0.2) is 48.4 Å². The average molecular weight is 598 g/mol. The molecule has 0 fully saturated rings. The van der Waals surface area contributed by atoms with Crippen LogP contribution in [-0.4, -0.2) is 43.8 Å². The van der Waals surface area contributed by atoms with E-state index in [0.29, 0.717) is 19.4 Å². The van der Waals surface area contributed by atoms with E-state index in [1.807, 2.05) is 0 Å². The lowest BCUT2D eigenvalue weighted by atomic mass is 10.0. The Hall–Kier alpha value is -1.78. The monoisotopic (exact) mass is 595 g/mol. The molecule has 176 valence electrons. The van der Waals surface area contributed by atoms with Crippen LogP contribution in [0.25, 0.3) is 0 Å². The quantitative estimate of drug-likeness (QED) is 0.287. The SMILES string of the molecule is Br.Br.[2H]c1c([2H])c([2H])c(C(=O)c2cc(Cl)ccc2N(C)C(=O)CNC(=O)[C@@H](N)CCCCN)c([2H])c1[2H]. The molecule has 0 saturated heterocycles. The summed E-state index contributed by atoms with van der Waals surface area (Å²) in [5, 5.41) is 2.60. The number of likely N-dealkylation sites (N-methyl/N-ethyl adjacent to an activating group) is 1. The molecule has 0 aliphatic carbocycles. The predicted molar refractivity (Wildman–Crippen MR) is 139 cm³/mol. The lowest BCUT2D eigenvalue weighted by Gasteiger charge is -2.21. The minimum absolute atomic E-state index is 0. The van der Waals surface area contributed by atoms with E-state index in [4.69, 9.17) is 29.9 Å². The molecule has 2 aromatic carbocycles. The van der Waals surface area contributed by atoms with E-state index in [-0.39, 0.29) is 50.2 Å². The number of carbonyl (C=O) groups excluding carboxylic acids is 3. The van der Waals surface area contributed by atoms with Crippen LogP contribution in [0.3, 0.4) is 0 Å². The number of ketones is 1. The average Bonchev–Trinajstić information content (AvgIpc) is 2.84. The second kappa shape index (κ2) is 15.1. The van der Waals surface area contributed by atoms with Gasteiger partial charge in [-0.1, -0.05) is 48.2 Å². The first kappa shape index (κ1) is 22.0. The van der Waals surface area contributed by atoms with Crippen LogP contribution in [-0.2, 0) is 9.59 Å². The second-order valence-electron chi connectivity index (χ2n) is 6.55. The summed E-state index contributed by atoms with van der Waals surface area (Å²) in [6.45, 7) is 0.0908. The van der Waals surface area contributed by atoms with Crippen molar-refractivity contribution in [1.82, 2.24) is 5.32 Å². The molecule has 0 unspecified atom stereocenters. The number of nitrogens with two attached hydrogens (primary N) is 2. The molecule has 1 atom stereocenters. The number of benzene rings is 2. The molecule has 32 heavy (non-hydrogen) atoms. The number of amides is 2. The fourth-order valence-electron chi connectivity index (χ4n) is 2.67. The van der Waals surface area contributed by atoms with Gasteiger partial charge in [-0.2, -0.15) is 0 Å². The zero-order valence-corrected chi connectivity index (χ0v) is 21.5. The van der Waals surface area contributed by atoms with E-state index in [1.54, 1.807) is 0 Å². The highest BCUT2D eigenvalue weighted by Crippen LogP contribution is 2.26. The number of carbonyl (C=O) groups is 3. The first-order valence-electron chi connectivity index (χ1n) is 11.8. The van der Waals surface area contributed by atoms with Crippen LogP contribution in [0.1, 0.15) is 42.0 Å². The smallest absolute Gasteiger partial charge is 0.246 e. The first-order valence-corrected chi connectivity index (χ1v) is 9.71. The van der Waals surface area contributed by atoms with Gasteiger partial charge in [0, 0.05) is 23.2 Å². The minimum Gasteiger partial charge on any atom is -0.346 e. The van der Waals surface area contributed by atoms with E-state index in [1.165, 1.54) is 25.2 Å². The fourth-order valence-corrected chi connectivity index (χ4v) is 2.84. The van der Waals surface area contributed by atoms with E-state index in [2.05, 4.69) is 5.32 Å². The summed E-state index contributed by atoms with van der Waals surface area (Å²) >= 11 is 6.06. The van der Waals surface area contributed by atoms with Gasteiger partial charge in [-0.25, -0.2) is 0 Å². The third-order valence-electron chi connectivity index (χ3n) is 4.39. The Bertz CT molecular complexity index is 1130. The summed E-state index contributed by atoms with van der Waals surface area (Å²) in [5.74, 6) is -1.98. The minimum atomic E-state index is -0.898. The van der Waals surface area contributed by atoms with Gasteiger partial charge in [-0.15, -0.1) is 34.0 Å². The van der Waals surface area contributed by atoms with Gasteiger partial charge in [0.15, 0.2) is 5.78 Å². The van der Waals surface area contributed by atoms with E-state index in [0.717, 1.165) is 11.3 Å². The van der Waals surface area contributed by atoms with Crippen molar-refractivity contribution in [2.24, 2.45) is 11.5 Å². The number of halogens is 3. The number of hydrogen-bond acceptors (Lipinski definition) is 5. The summed E-state index contributed by atoms with van der Waals surface area (Å²) in [7, 11) is 1.37. The molecule has 0 aliphatic rings. The molecule has 2 rings (SSSR count). The van der Waals surface area contributed by atoms with Crippen molar-refractivity contribution in [2.75, 3.05) is 25.0 Å². The molecule has 0 spiro atoms. The highest BCUT2D eigenvalue weighted by atomic mass is 79.9. The number of hydrogen-bond donors (Lipinski definition) is 3. The predicted octanol–water partition coefficient (Wildman–Crippen LogP) is 3.26. The largest absolute Gasteiger partial charge is 0.346 e. The number of nitrogens with zero attached hydrogens (tertiary/aromatic N) is 1. The summed E-state index contributed by atoms with van der Waals surface area (Å²) < 4.78 is 39.5. The van der Waals surface area contributed by atoms with Gasteiger partial charge in [0.2, 0.25) is 11.8 Å². The van der Waals surface area contributed by atoms with Crippen LogP contribution < -0.4 is 21.7 Å². The maximum Gasteiger partial charge on any atom is 0.246 e. The second-order valence-corrected chi connectivity index (χ2v) is 6.99. The highest BCUT2D eigenvalue weighted by Gasteiger charge is 2.21. The molecule has 2 aromatic rings. The maximum atomic E-state index is 13.3. The third-order valence-corrected chi connectivity index (χ3v) is 4.62. The number of anilines is 1. The number of rotatable bonds is 10. The molecule has 0 saturated carbocycles. The number of unbranched alkanes of at least 4 members (excludes halogenated alkanes) is 1. The summed E-state index contributed by atoms with van der Waals surface area (Å²) in [4.78, 5) is 39.4. The van der Waals surface area contributed by atoms with Crippen LogP contribution >= 0.6 is 45.6 Å². The fraction of sp³-hybridized carbons (Fsp3) is 0.318. The molecule has 10 heteroatoms. The van der Waals surface area contributed by atoms with Crippen molar-refractivity contribution >= 4 is 68.8 Å². The molecular formula is C22H29Br2ClN4O3. The Morgan fingerprint density at radius 1 is 1.16 bits per heavy atom. The van der Waals surface area contributed by atoms with Crippen LogP contribution in [0, 0.1) is 0 Å². The van der Waals surface area contributed by atoms with Crippen molar-refractivity contribution in [3.63, 3.8) is 0 Å². The first-order chi connectivity index (χ1) is 16.4. The third kappa shape index (κ3) is 8.63. The lowest BCUT2D eigenvalue weighted by molar-refractivity contribution is -0.125. The van der Waals surface area contributed by atoms with E-state index >= 15 is 0 Å². The van der Waals surface area contributed by atoms with Gasteiger partial charge in [0.05, 0.1) is 25.1 Å². The van der Waals surface area contributed by atoms with Gasteiger partial charge in [0.1, 0.15) is 0 Å². The van der Waals surface area contributed by atoms with Crippen LogP contribution in [0.5, 0.6) is 0 Å². The van der Waals surface area contributed by atoms with Gasteiger partial charge in [-0.3, -0.25) is 14.4 Å². The van der Waals surface area contributed by atoms with Gasteiger partial charge in [-0.05, 0) is 37.6 Å². The summed E-state index contributed by atoms with van der Waals surface area (Å²) in [6.07, 6.45) is 1.82. The topological polar surface area (TPSA) is 119 Å². The molecule has 0 radical (unpaired) electrons. The molecule has 5 N–H and O–H groups in total. The van der Waals surface area contributed by atoms with Crippen molar-refractivity contribution in [3.8, 4) is 0 Å². The lowest BCUT2D eigenvalue weighted by Crippen LogP contribution is -2.45. The van der Waals surface area contributed by atoms with Crippen molar-refractivity contribution in [2.45, 2.75) is 25.3 Å². The molecule has 7 nitrogen and oxygen atoms in total. The van der Waals surface area contributed by atoms with Crippen molar-refractivity contribution in [1.29, 1.82) is 0 Å². The van der Waals surface area contributed by atoms with Gasteiger partial charge in [0.25, 0.3) is 0 Å². The van der Waals surface area contributed by atoms with Crippen molar-refractivity contribution < 1.29 is 21.2 Å². The zero-order valence-electron chi connectivity index (χ0n) is 22.4. The van der Waals surface area contributed by atoms with Gasteiger partial charge >= 0.3 is 0 Å². The molecule has 2 amide bonds. The Morgan fingerprint density at radius 3 is 2.44 bits per heavy atom. The Balaban J connectivity index is 0.00000648. The van der Waals surface area contributed by atoms with E-state index < -0.39 is 66.0 Å². The maximum absolute atomic E-state index is 13.3. The molecule has 0 aromatic heterocycles. The van der Waals surface area contributed by atoms with Crippen molar-refractivity contribution in [3.05, 3.63) is 64.6 Å². The standard InChI is InChI=1S/C22H27ClN4O3.2BrH/c1-27(20(28)14-26-22(30)18(25)9-5-6-12-24)19-11-10-16(23)13-17(19)21(29)15-7-3-2-4-8-15;;/h2-4,7-8,10-11,13,18H,5-6,9,12,14,24-25H2,1H3,(H,26,30);2*1H/t18-;;/m0../s1/i2D,3D,4D,7D,8D;;. The summed E-state index contributed by atoms with van der Waals surface area (Å²) in [6, 6.07) is -0.0117. The normalized spacial score (nSPS) is 13.1. The number of nitrogens with one attached hydrogen (secondary N) is 1. The van der Waals surface area contributed by atoms with Gasteiger partial charge < -0.3 is 21.7 Å². The highest BCUT2D eigenvalue weighted by molar-refractivity contribution is 8.93. The molecule has 0 bridgehead atoms. The molecule has 0 aliphatic heterocycles. The molecular weight excluding hydrogens is 564 g/mol. The van der Waals surface area contributed by atoms with Crippen LogP contribution in [0.2, 0.25) is 5.02 Å². The van der Waals surface area contributed by atoms with Crippen LogP contribution in [0.4, 0.5) is 5.69 Å². The Labute approximate surface area is 221 Å². The van der Waals surface area contributed by atoms with E-state index in [9.17, 15) is 14.4 Å². The zero-order chi connectivity index (χ0) is 26.4. The Morgan fingerprint density at radius 2 is 1.81 bits per heavy atom. The summed E-state index contributed by atoms with van der Waals surface area (Å²) in [5.41, 5.74) is 10.6. The molecule has 0 heterocycles.